The van der Waals surface area contributed by atoms with Crippen molar-refractivity contribution in [2.45, 2.75) is 136 Å². The Balaban J connectivity index is 0. The van der Waals surface area contributed by atoms with Crippen LogP contribution in [-0.2, 0) is 0 Å². The molecule has 0 aromatic heterocycles. The number of carbonyl (C=O) groups is 1. The largest absolute Gasteiger partial charge is 0.478 e. The molecule has 38 heavy (non-hydrogen) atoms. The molecular formula is C32H62NO3PS. The van der Waals surface area contributed by atoms with Crippen molar-refractivity contribution in [2.24, 2.45) is 0 Å². The smallest absolute Gasteiger partial charge is 0.339 e. The molecule has 4 nitrogen and oxygen atoms in total. The van der Waals surface area contributed by atoms with Crippen LogP contribution in [0.15, 0.2) is 24.3 Å². The van der Waals surface area contributed by atoms with Gasteiger partial charge in [0.05, 0.1) is 12.0 Å². The molecule has 224 valence electrons. The molecule has 0 fully saturated rings. The summed E-state index contributed by atoms with van der Waals surface area (Å²) >= 11 is 1.12. The highest BCUT2D eigenvalue weighted by molar-refractivity contribution is 7.94. The molecule has 4 N–H and O–H groups in total. The molecule has 1 aromatic carbocycles. The average Bonchev–Trinajstić information content (AvgIpc) is 2.90. The zero-order chi connectivity index (χ0) is 27.4. The Bertz CT molecular complexity index is 594. The Morgan fingerprint density at radius 2 is 1.05 bits per heavy atom. The maximum absolute atomic E-state index is 10.6. The fraction of sp³-hybridized carbons (Fsp3) is 0.781. The van der Waals surface area contributed by atoms with Crippen molar-refractivity contribution < 1.29 is 14.1 Å². The molecule has 1 aromatic rings. The van der Waals surface area contributed by atoms with E-state index in [2.05, 4.69) is 20.8 Å². The first kappa shape index (κ1) is 39.4. The highest BCUT2D eigenvalue weighted by Gasteiger charge is 2.09. The maximum Gasteiger partial charge on any atom is 0.339 e. The van der Waals surface area contributed by atoms with Crippen LogP contribution in [0.5, 0.6) is 5.75 Å². The van der Waals surface area contributed by atoms with Gasteiger partial charge >= 0.3 is 5.97 Å². The fourth-order valence-electron chi connectivity index (χ4n) is 4.49. The summed E-state index contributed by atoms with van der Waals surface area (Å²) in [6.45, 7) is 6.96. The number of aromatic carboxylic acids is 1. The minimum Gasteiger partial charge on any atom is -0.478 e. The van der Waals surface area contributed by atoms with E-state index in [0.717, 1.165) is 12.0 Å². The number of carboxylic acid groups (broad SMARTS) is 1. The number of carboxylic acids is 1. The van der Waals surface area contributed by atoms with Crippen LogP contribution in [0.3, 0.4) is 0 Å². The first-order valence-corrected chi connectivity index (χ1v) is 18.4. The second-order valence-corrected chi connectivity index (χ2v) is 13.4. The third-order valence-corrected chi connectivity index (χ3v) is 9.97. The minimum atomic E-state index is -0.973. The van der Waals surface area contributed by atoms with Crippen molar-refractivity contribution in [3.63, 3.8) is 0 Å². The predicted octanol–water partition coefficient (Wildman–Crippen LogP) is 11.8. The van der Waals surface area contributed by atoms with E-state index in [1.807, 2.05) is 0 Å². The van der Waals surface area contributed by atoms with Crippen LogP contribution in [0.25, 0.3) is 0 Å². The third-order valence-electron chi connectivity index (χ3n) is 6.77. The van der Waals surface area contributed by atoms with Gasteiger partial charge in [-0.15, -0.1) is 7.92 Å². The topological polar surface area (TPSA) is 81.5 Å². The molecule has 0 atom stereocenters. The van der Waals surface area contributed by atoms with E-state index in [0.29, 0.717) is 13.7 Å². The SMILES string of the molecule is CCCCCCCCP(CCCCCCCC)CCCCCCCC.CSOc1ccccc1C(=O)O.N. The maximum atomic E-state index is 10.6. The number of rotatable bonds is 24. The molecule has 0 unspecified atom stereocenters. The van der Waals surface area contributed by atoms with Gasteiger partial charge in [-0.2, -0.15) is 0 Å². The lowest BCUT2D eigenvalue weighted by molar-refractivity contribution is 0.0695. The summed E-state index contributed by atoms with van der Waals surface area (Å²) in [5, 5.41) is 8.70. The summed E-state index contributed by atoms with van der Waals surface area (Å²) in [5.74, 6) is -0.586. The van der Waals surface area contributed by atoms with Crippen LogP contribution in [0.4, 0.5) is 0 Å². The molecule has 1 rings (SSSR count). The van der Waals surface area contributed by atoms with E-state index in [4.69, 9.17) is 9.29 Å². The molecule has 0 aliphatic carbocycles. The molecule has 0 bridgehead atoms. The van der Waals surface area contributed by atoms with Crippen LogP contribution < -0.4 is 10.3 Å². The van der Waals surface area contributed by atoms with E-state index >= 15 is 0 Å². The number of hydrogen-bond donors (Lipinski definition) is 2. The van der Waals surface area contributed by atoms with Gasteiger partial charge in [0.15, 0.2) is 5.75 Å². The number of benzene rings is 1. The summed E-state index contributed by atoms with van der Waals surface area (Å²) in [6.07, 6.45) is 33.0. The van der Waals surface area contributed by atoms with Gasteiger partial charge in [-0.05, 0) is 49.9 Å². The predicted molar refractivity (Wildman–Crippen MR) is 174 cm³/mol. The van der Waals surface area contributed by atoms with Gasteiger partial charge < -0.3 is 15.4 Å². The molecule has 0 aliphatic rings. The lowest BCUT2D eigenvalue weighted by atomic mass is 10.1. The van der Waals surface area contributed by atoms with E-state index in [1.165, 1.54) is 122 Å². The first-order valence-electron chi connectivity index (χ1n) is 15.4. The summed E-state index contributed by atoms with van der Waals surface area (Å²) < 4.78 is 5.03. The van der Waals surface area contributed by atoms with Gasteiger partial charge in [0.2, 0.25) is 0 Å². The fourth-order valence-corrected chi connectivity index (χ4v) is 7.50. The molecule has 0 heterocycles. The van der Waals surface area contributed by atoms with Gasteiger partial charge in [-0.25, -0.2) is 4.79 Å². The Morgan fingerprint density at radius 1 is 0.684 bits per heavy atom. The molecule has 0 saturated carbocycles. The number of unbranched alkanes of at least 4 members (excludes halogenated alkanes) is 15. The lowest BCUT2D eigenvalue weighted by Crippen LogP contribution is -1.98. The Kier molecular flexibility index (Phi) is 31.9. The summed E-state index contributed by atoms with van der Waals surface area (Å²) in [7, 11) is 0.366. The van der Waals surface area contributed by atoms with Crippen molar-refractivity contribution in [3.8, 4) is 5.75 Å². The van der Waals surface area contributed by atoms with Crippen molar-refractivity contribution in [1.82, 2.24) is 6.15 Å². The highest BCUT2D eigenvalue weighted by atomic mass is 32.2. The monoisotopic (exact) mass is 571 g/mol. The van der Waals surface area contributed by atoms with Crippen molar-refractivity contribution in [3.05, 3.63) is 29.8 Å². The van der Waals surface area contributed by atoms with Crippen LogP contribution in [0.1, 0.15) is 147 Å². The quantitative estimate of drug-likeness (QED) is 0.0732. The van der Waals surface area contributed by atoms with Crippen molar-refractivity contribution in [2.75, 3.05) is 24.7 Å². The molecule has 0 saturated heterocycles. The van der Waals surface area contributed by atoms with Crippen LogP contribution in [0.2, 0.25) is 0 Å². The summed E-state index contributed by atoms with van der Waals surface area (Å²) in [6, 6.07) is 6.53. The molecule has 0 spiro atoms. The molecule has 6 heteroatoms. The molecular weight excluding hydrogens is 509 g/mol. The Morgan fingerprint density at radius 3 is 1.42 bits per heavy atom. The zero-order valence-corrected chi connectivity index (χ0v) is 27.2. The van der Waals surface area contributed by atoms with Gasteiger partial charge in [0, 0.05) is 6.26 Å². The molecule has 0 radical (unpaired) electrons. The van der Waals surface area contributed by atoms with Crippen LogP contribution >= 0.6 is 20.0 Å². The lowest BCUT2D eigenvalue weighted by Gasteiger charge is -2.18. The second-order valence-electron chi connectivity index (χ2n) is 10.2. The van der Waals surface area contributed by atoms with Gasteiger partial charge in [0.1, 0.15) is 5.56 Å². The van der Waals surface area contributed by atoms with E-state index in [-0.39, 0.29) is 11.7 Å². The number of hydrogen-bond acceptors (Lipinski definition) is 4. The average molecular weight is 572 g/mol. The third kappa shape index (κ3) is 24.3. The van der Waals surface area contributed by atoms with Gasteiger partial charge in [-0.3, -0.25) is 0 Å². The van der Waals surface area contributed by atoms with Crippen molar-refractivity contribution >= 4 is 25.9 Å². The molecule has 0 aliphatic heterocycles. The van der Waals surface area contributed by atoms with Crippen molar-refractivity contribution in [1.29, 1.82) is 0 Å². The first-order chi connectivity index (χ1) is 18.1. The number of para-hydroxylation sites is 1. The Labute approximate surface area is 242 Å². The second kappa shape index (κ2) is 30.8. The van der Waals surface area contributed by atoms with Gasteiger partial charge in [-0.1, -0.05) is 129 Å². The normalized spacial score (nSPS) is 10.6. The van der Waals surface area contributed by atoms with Crippen LogP contribution in [-0.4, -0.2) is 35.8 Å². The standard InChI is InChI=1S/C24H51P.C8H8O3S.H3N/c1-4-7-10-13-16-19-22-25(23-20-17-14-11-8-5-2)24-21-18-15-12-9-6-3;1-12-11-7-5-3-2-4-6(7)8(9)10;/h4-24H2,1-3H3;2-5H,1H3,(H,9,10);1H3. The zero-order valence-electron chi connectivity index (χ0n) is 25.5. The Hall–Kier alpha value is -0.770. The van der Waals surface area contributed by atoms with Gasteiger partial charge in [0.25, 0.3) is 0 Å². The minimum absolute atomic E-state index is 0. The highest BCUT2D eigenvalue weighted by Crippen LogP contribution is 2.39. The van der Waals surface area contributed by atoms with Crippen LogP contribution in [0, 0.1) is 0 Å². The summed E-state index contributed by atoms with van der Waals surface area (Å²) in [4.78, 5) is 10.6. The molecule has 0 amide bonds. The van der Waals surface area contributed by atoms with E-state index in [9.17, 15) is 4.79 Å². The van der Waals surface area contributed by atoms with E-state index < -0.39 is 5.97 Å². The summed E-state index contributed by atoms with van der Waals surface area (Å²) in [5.41, 5.74) is 0.187. The van der Waals surface area contributed by atoms with E-state index in [1.54, 1.807) is 42.9 Å².